The zero-order valence-corrected chi connectivity index (χ0v) is 10.2. The van der Waals surface area contributed by atoms with Gasteiger partial charge in [0.25, 0.3) is 10.0 Å². The van der Waals surface area contributed by atoms with Crippen molar-refractivity contribution in [3.8, 4) is 0 Å². The Balaban J connectivity index is 2.32. The predicted molar refractivity (Wildman–Crippen MR) is 57.6 cm³/mol. The number of aliphatic hydroxyl groups is 1. The summed E-state index contributed by atoms with van der Waals surface area (Å²) >= 11 is 5.69. The maximum atomic E-state index is 12.0. The van der Waals surface area contributed by atoms with E-state index in [1.165, 1.54) is 15.1 Å². The highest BCUT2D eigenvalue weighted by atomic mass is 35.5. The number of β-amino-alcohol motifs (C(OH)–C–C–N with tert-alkyl or cyclic N) is 1. The zero-order chi connectivity index (χ0) is 11.9. The van der Waals surface area contributed by atoms with Crippen LogP contribution in [0, 0.1) is 0 Å². The van der Waals surface area contributed by atoms with E-state index in [0.29, 0.717) is 13.0 Å². The molecule has 8 heteroatoms. The molecule has 0 radical (unpaired) electrons. The number of hydrogen-bond acceptors (Lipinski definition) is 4. The van der Waals surface area contributed by atoms with E-state index in [-0.39, 0.29) is 16.9 Å². The van der Waals surface area contributed by atoms with Crippen LogP contribution in [-0.4, -0.2) is 46.6 Å². The second-order valence-electron chi connectivity index (χ2n) is 3.76. The van der Waals surface area contributed by atoms with Gasteiger partial charge in [-0.05, 0) is 18.0 Å². The predicted octanol–water partition coefficient (Wildman–Crippen LogP) is -0.171. The molecule has 90 valence electrons. The highest BCUT2D eigenvalue weighted by molar-refractivity contribution is 7.89. The van der Waals surface area contributed by atoms with Crippen molar-refractivity contribution in [2.24, 2.45) is 7.05 Å². The molecular formula is C8H12ClN3O3S. The van der Waals surface area contributed by atoms with E-state index in [2.05, 4.69) is 4.98 Å². The number of aromatic nitrogens is 2. The Labute approximate surface area is 98.5 Å². The molecule has 2 rings (SSSR count). The molecule has 0 bridgehead atoms. The Hall–Kier alpha value is -0.630. The van der Waals surface area contributed by atoms with E-state index in [1.54, 1.807) is 7.05 Å². The molecule has 1 aromatic rings. The van der Waals surface area contributed by atoms with Gasteiger partial charge in [0.2, 0.25) is 5.28 Å². The highest BCUT2D eigenvalue weighted by Gasteiger charge is 2.33. The minimum atomic E-state index is -3.62. The molecule has 0 saturated carbocycles. The van der Waals surface area contributed by atoms with Crippen LogP contribution in [0.4, 0.5) is 0 Å². The Bertz CT molecular complexity index is 479. The minimum absolute atomic E-state index is 0.0749. The van der Waals surface area contributed by atoms with Gasteiger partial charge in [-0.15, -0.1) is 0 Å². The number of hydrogen-bond donors (Lipinski definition) is 1. The number of aryl methyl sites for hydroxylation is 1. The number of rotatable bonds is 2. The molecule has 0 amide bonds. The van der Waals surface area contributed by atoms with Crippen molar-refractivity contribution in [2.75, 3.05) is 13.1 Å². The largest absolute Gasteiger partial charge is 0.392 e. The SMILES string of the molecule is Cn1cc(S(=O)(=O)N2CC[C@H](O)C2)nc1Cl. The molecule has 1 aliphatic heterocycles. The first-order valence-electron chi connectivity index (χ1n) is 4.78. The summed E-state index contributed by atoms with van der Waals surface area (Å²) in [6, 6.07) is 0. The quantitative estimate of drug-likeness (QED) is 0.806. The summed E-state index contributed by atoms with van der Waals surface area (Å²) in [5, 5.41) is 9.36. The lowest BCUT2D eigenvalue weighted by atomic mass is 10.3. The molecule has 2 heterocycles. The number of aliphatic hydroxyl groups excluding tert-OH is 1. The molecule has 1 fully saturated rings. The Morgan fingerprint density at radius 1 is 1.62 bits per heavy atom. The van der Waals surface area contributed by atoms with Crippen molar-refractivity contribution in [2.45, 2.75) is 17.6 Å². The van der Waals surface area contributed by atoms with E-state index in [9.17, 15) is 13.5 Å². The van der Waals surface area contributed by atoms with Crippen molar-refractivity contribution in [3.63, 3.8) is 0 Å². The lowest BCUT2D eigenvalue weighted by Crippen LogP contribution is -2.29. The van der Waals surface area contributed by atoms with Crippen LogP contribution < -0.4 is 0 Å². The summed E-state index contributed by atoms with van der Waals surface area (Å²) in [4.78, 5) is 3.77. The van der Waals surface area contributed by atoms with Gasteiger partial charge in [-0.2, -0.15) is 4.31 Å². The van der Waals surface area contributed by atoms with Crippen molar-refractivity contribution >= 4 is 21.6 Å². The van der Waals surface area contributed by atoms with Gasteiger partial charge in [0.05, 0.1) is 6.10 Å². The molecular weight excluding hydrogens is 254 g/mol. The van der Waals surface area contributed by atoms with Crippen LogP contribution in [0.2, 0.25) is 5.28 Å². The van der Waals surface area contributed by atoms with E-state index in [1.807, 2.05) is 0 Å². The molecule has 1 aromatic heterocycles. The molecule has 0 aliphatic carbocycles. The molecule has 0 spiro atoms. The molecule has 1 N–H and O–H groups in total. The Morgan fingerprint density at radius 3 is 2.75 bits per heavy atom. The fraction of sp³-hybridized carbons (Fsp3) is 0.625. The fourth-order valence-electron chi connectivity index (χ4n) is 1.60. The molecule has 0 unspecified atom stereocenters. The summed E-state index contributed by atoms with van der Waals surface area (Å²) in [6.45, 7) is 0.439. The minimum Gasteiger partial charge on any atom is -0.392 e. The van der Waals surface area contributed by atoms with Crippen molar-refractivity contribution in [1.82, 2.24) is 13.9 Å². The normalized spacial score (nSPS) is 22.8. The average Bonchev–Trinajstić information content (AvgIpc) is 2.75. The third kappa shape index (κ3) is 1.95. The van der Waals surface area contributed by atoms with Crippen LogP contribution in [0.25, 0.3) is 0 Å². The third-order valence-corrected chi connectivity index (χ3v) is 4.62. The van der Waals surface area contributed by atoms with E-state index < -0.39 is 16.1 Å². The summed E-state index contributed by atoms with van der Waals surface area (Å²) < 4.78 is 26.7. The summed E-state index contributed by atoms with van der Waals surface area (Å²) in [7, 11) is -2.00. The second kappa shape index (κ2) is 3.99. The average molecular weight is 266 g/mol. The number of nitrogens with zero attached hydrogens (tertiary/aromatic N) is 3. The molecule has 1 aliphatic rings. The maximum Gasteiger partial charge on any atom is 0.262 e. The van der Waals surface area contributed by atoms with E-state index in [4.69, 9.17) is 11.6 Å². The first-order valence-corrected chi connectivity index (χ1v) is 6.60. The fourth-order valence-corrected chi connectivity index (χ4v) is 3.26. The van der Waals surface area contributed by atoms with Gasteiger partial charge in [0.1, 0.15) is 0 Å². The zero-order valence-electron chi connectivity index (χ0n) is 8.67. The Kier molecular flexibility index (Phi) is 2.95. The summed E-state index contributed by atoms with van der Waals surface area (Å²) in [5.74, 6) is 0. The number of halogens is 1. The van der Waals surface area contributed by atoms with E-state index in [0.717, 1.165) is 0 Å². The van der Waals surface area contributed by atoms with Crippen LogP contribution in [0.1, 0.15) is 6.42 Å². The standard InChI is InChI=1S/C8H12ClN3O3S/c1-11-5-7(10-8(11)9)16(14,15)12-3-2-6(13)4-12/h5-6,13H,2-4H2,1H3/t6-/m0/s1. The smallest absolute Gasteiger partial charge is 0.262 e. The Morgan fingerprint density at radius 2 is 2.31 bits per heavy atom. The molecule has 0 aromatic carbocycles. The monoisotopic (exact) mass is 265 g/mol. The maximum absolute atomic E-state index is 12.0. The van der Waals surface area contributed by atoms with Gasteiger partial charge in [-0.25, -0.2) is 13.4 Å². The van der Waals surface area contributed by atoms with Gasteiger partial charge in [-0.1, -0.05) is 0 Å². The van der Waals surface area contributed by atoms with Gasteiger partial charge >= 0.3 is 0 Å². The molecule has 1 saturated heterocycles. The number of imidazole rings is 1. The van der Waals surface area contributed by atoms with Gasteiger partial charge in [0.15, 0.2) is 5.03 Å². The van der Waals surface area contributed by atoms with Gasteiger partial charge in [0, 0.05) is 26.3 Å². The van der Waals surface area contributed by atoms with Crippen LogP contribution in [0.5, 0.6) is 0 Å². The molecule has 16 heavy (non-hydrogen) atoms. The first-order chi connectivity index (χ1) is 7.41. The van der Waals surface area contributed by atoms with Crippen molar-refractivity contribution in [1.29, 1.82) is 0 Å². The molecule has 1 atom stereocenters. The second-order valence-corrected chi connectivity index (χ2v) is 5.99. The van der Waals surface area contributed by atoms with Crippen molar-refractivity contribution in [3.05, 3.63) is 11.5 Å². The van der Waals surface area contributed by atoms with Crippen molar-refractivity contribution < 1.29 is 13.5 Å². The van der Waals surface area contributed by atoms with Crippen LogP contribution in [0.3, 0.4) is 0 Å². The first kappa shape index (κ1) is 11.8. The summed E-state index contributed by atoms with van der Waals surface area (Å²) in [5.41, 5.74) is 0. The molecule has 6 nitrogen and oxygen atoms in total. The van der Waals surface area contributed by atoms with Crippen LogP contribution in [0.15, 0.2) is 11.2 Å². The van der Waals surface area contributed by atoms with E-state index >= 15 is 0 Å². The van der Waals surface area contributed by atoms with Gasteiger partial charge < -0.3 is 9.67 Å². The lowest BCUT2D eigenvalue weighted by molar-refractivity contribution is 0.189. The van der Waals surface area contributed by atoms with Gasteiger partial charge in [-0.3, -0.25) is 0 Å². The van der Waals surface area contributed by atoms with Crippen LogP contribution >= 0.6 is 11.6 Å². The third-order valence-electron chi connectivity index (χ3n) is 2.53. The van der Waals surface area contributed by atoms with Crippen LogP contribution in [-0.2, 0) is 17.1 Å². The highest BCUT2D eigenvalue weighted by Crippen LogP contribution is 2.21. The lowest BCUT2D eigenvalue weighted by Gasteiger charge is -2.13. The topological polar surface area (TPSA) is 75.4 Å². The summed E-state index contributed by atoms with van der Waals surface area (Å²) in [6.07, 6.45) is 1.23. The number of sulfonamides is 1.